The highest BCUT2D eigenvalue weighted by Crippen LogP contribution is 2.22. The summed E-state index contributed by atoms with van der Waals surface area (Å²) >= 11 is 3.24. The Hall–Kier alpha value is -0.700. The zero-order valence-electron chi connectivity index (χ0n) is 11.2. The van der Waals surface area contributed by atoms with E-state index in [4.69, 9.17) is 4.74 Å². The standard InChI is InChI=1S/C12H18BrN3O3S/c1-14-12-11(6-10(13)7-15-12)20(17,18)16-4-2-9-3-5-19-8-9/h6-7,9,16H,2-5,8H2,1H3,(H,14,15). The molecule has 1 aromatic heterocycles. The molecule has 2 rings (SSSR count). The number of rotatable bonds is 6. The van der Waals surface area contributed by atoms with Crippen LogP contribution >= 0.6 is 15.9 Å². The van der Waals surface area contributed by atoms with Gasteiger partial charge in [0.15, 0.2) is 0 Å². The van der Waals surface area contributed by atoms with Gasteiger partial charge >= 0.3 is 0 Å². The van der Waals surface area contributed by atoms with E-state index in [0.717, 1.165) is 26.1 Å². The van der Waals surface area contributed by atoms with Gasteiger partial charge in [-0.3, -0.25) is 0 Å². The molecule has 0 amide bonds. The Kier molecular flexibility index (Phi) is 5.36. The minimum Gasteiger partial charge on any atom is -0.381 e. The fraction of sp³-hybridized carbons (Fsp3) is 0.583. The molecule has 0 bridgehead atoms. The summed E-state index contributed by atoms with van der Waals surface area (Å²) in [7, 11) is -1.92. The van der Waals surface area contributed by atoms with Crippen LogP contribution in [0.3, 0.4) is 0 Å². The van der Waals surface area contributed by atoms with Crippen molar-refractivity contribution < 1.29 is 13.2 Å². The topological polar surface area (TPSA) is 80.3 Å². The summed E-state index contributed by atoms with van der Waals surface area (Å²) in [6.07, 6.45) is 3.35. The molecule has 0 radical (unpaired) electrons. The lowest BCUT2D eigenvalue weighted by molar-refractivity contribution is 0.184. The Labute approximate surface area is 127 Å². The largest absolute Gasteiger partial charge is 0.381 e. The maximum Gasteiger partial charge on any atom is 0.244 e. The van der Waals surface area contributed by atoms with Gasteiger partial charge in [0, 0.05) is 37.5 Å². The fourth-order valence-corrected chi connectivity index (χ4v) is 3.82. The van der Waals surface area contributed by atoms with Crippen molar-refractivity contribution in [2.24, 2.45) is 5.92 Å². The highest BCUT2D eigenvalue weighted by atomic mass is 79.9. The molecule has 1 saturated heterocycles. The van der Waals surface area contributed by atoms with Crippen LogP contribution in [-0.4, -0.2) is 40.2 Å². The third kappa shape index (κ3) is 3.91. The van der Waals surface area contributed by atoms with Crippen molar-refractivity contribution in [3.05, 3.63) is 16.7 Å². The fourth-order valence-electron chi connectivity index (χ4n) is 2.10. The number of halogens is 1. The highest BCUT2D eigenvalue weighted by molar-refractivity contribution is 9.10. The predicted octanol–water partition coefficient (Wildman–Crippen LogP) is 1.59. The smallest absolute Gasteiger partial charge is 0.244 e. The lowest BCUT2D eigenvalue weighted by Crippen LogP contribution is -2.27. The molecule has 20 heavy (non-hydrogen) atoms. The monoisotopic (exact) mass is 363 g/mol. The molecule has 0 aliphatic carbocycles. The maximum absolute atomic E-state index is 12.3. The average Bonchev–Trinajstić information content (AvgIpc) is 2.91. The molecular weight excluding hydrogens is 346 g/mol. The second-order valence-corrected chi connectivity index (χ2v) is 7.32. The number of nitrogens with one attached hydrogen (secondary N) is 2. The van der Waals surface area contributed by atoms with E-state index >= 15 is 0 Å². The minimum atomic E-state index is -3.56. The van der Waals surface area contributed by atoms with E-state index in [-0.39, 0.29) is 4.90 Å². The van der Waals surface area contributed by atoms with E-state index in [1.54, 1.807) is 19.3 Å². The van der Waals surface area contributed by atoms with Gasteiger partial charge < -0.3 is 10.1 Å². The van der Waals surface area contributed by atoms with Crippen molar-refractivity contribution in [3.8, 4) is 0 Å². The Balaban J connectivity index is 2.03. The van der Waals surface area contributed by atoms with Gasteiger partial charge in [-0.25, -0.2) is 18.1 Å². The first kappa shape index (κ1) is 15.7. The summed E-state index contributed by atoms with van der Waals surface area (Å²) in [4.78, 5) is 4.20. The van der Waals surface area contributed by atoms with E-state index in [1.165, 1.54) is 0 Å². The summed E-state index contributed by atoms with van der Waals surface area (Å²) in [6.45, 7) is 1.91. The number of sulfonamides is 1. The normalized spacial score (nSPS) is 19.2. The third-order valence-electron chi connectivity index (χ3n) is 3.21. The molecule has 112 valence electrons. The first-order valence-corrected chi connectivity index (χ1v) is 8.71. The molecule has 0 spiro atoms. The number of aromatic nitrogens is 1. The van der Waals surface area contributed by atoms with Crippen molar-refractivity contribution in [2.45, 2.75) is 17.7 Å². The number of hydrogen-bond donors (Lipinski definition) is 2. The molecule has 1 aromatic rings. The van der Waals surface area contributed by atoms with Crippen LogP contribution < -0.4 is 10.0 Å². The van der Waals surface area contributed by atoms with Crippen molar-refractivity contribution in [1.82, 2.24) is 9.71 Å². The van der Waals surface area contributed by atoms with Gasteiger partial charge in [-0.15, -0.1) is 0 Å². The predicted molar refractivity (Wildman–Crippen MR) is 80.2 cm³/mol. The first-order valence-electron chi connectivity index (χ1n) is 6.43. The van der Waals surface area contributed by atoms with Crippen LogP contribution in [0.2, 0.25) is 0 Å². The second-order valence-electron chi connectivity index (χ2n) is 4.67. The number of ether oxygens (including phenoxy) is 1. The molecule has 1 unspecified atom stereocenters. The molecular formula is C12H18BrN3O3S. The number of nitrogens with zero attached hydrogens (tertiary/aromatic N) is 1. The zero-order valence-corrected chi connectivity index (χ0v) is 13.6. The summed E-state index contributed by atoms with van der Waals surface area (Å²) in [5.41, 5.74) is 0. The Morgan fingerprint density at radius 3 is 3.00 bits per heavy atom. The van der Waals surface area contributed by atoms with Crippen molar-refractivity contribution in [1.29, 1.82) is 0 Å². The molecule has 1 fully saturated rings. The third-order valence-corrected chi connectivity index (χ3v) is 5.12. The first-order chi connectivity index (χ1) is 9.53. The molecule has 1 atom stereocenters. The SMILES string of the molecule is CNc1ncc(Br)cc1S(=O)(=O)NCCC1CCOC1. The van der Waals surface area contributed by atoms with Crippen molar-refractivity contribution in [3.63, 3.8) is 0 Å². The van der Waals surface area contributed by atoms with E-state index < -0.39 is 10.0 Å². The quantitative estimate of drug-likeness (QED) is 0.801. The van der Waals surface area contributed by atoms with Crippen LogP contribution in [0.25, 0.3) is 0 Å². The van der Waals surface area contributed by atoms with Gasteiger partial charge in [0.25, 0.3) is 0 Å². The average molecular weight is 364 g/mol. The summed E-state index contributed by atoms with van der Waals surface area (Å²) < 4.78 is 33.1. The molecule has 1 aliphatic rings. The molecule has 6 nitrogen and oxygen atoms in total. The number of anilines is 1. The Morgan fingerprint density at radius 2 is 2.35 bits per heavy atom. The number of pyridine rings is 1. The van der Waals surface area contributed by atoms with E-state index in [0.29, 0.717) is 22.8 Å². The molecule has 1 aliphatic heterocycles. The summed E-state index contributed by atoms with van der Waals surface area (Å²) in [5, 5.41) is 2.79. The van der Waals surface area contributed by atoms with Crippen LogP contribution in [0, 0.1) is 5.92 Å². The van der Waals surface area contributed by atoms with Crippen LogP contribution in [0.5, 0.6) is 0 Å². The van der Waals surface area contributed by atoms with Crippen LogP contribution in [-0.2, 0) is 14.8 Å². The van der Waals surface area contributed by atoms with Crippen LogP contribution in [0.1, 0.15) is 12.8 Å². The van der Waals surface area contributed by atoms with Gasteiger partial charge in [0.1, 0.15) is 10.7 Å². The molecule has 0 saturated carbocycles. The van der Waals surface area contributed by atoms with Crippen LogP contribution in [0.15, 0.2) is 21.6 Å². The summed E-state index contributed by atoms with van der Waals surface area (Å²) in [5.74, 6) is 0.784. The lowest BCUT2D eigenvalue weighted by atomic mass is 10.1. The number of hydrogen-bond acceptors (Lipinski definition) is 5. The molecule has 2 N–H and O–H groups in total. The molecule has 8 heteroatoms. The van der Waals surface area contributed by atoms with E-state index in [1.807, 2.05) is 0 Å². The Morgan fingerprint density at radius 1 is 1.55 bits per heavy atom. The van der Waals surface area contributed by atoms with Crippen molar-refractivity contribution >= 4 is 31.8 Å². The molecule has 2 heterocycles. The van der Waals surface area contributed by atoms with Crippen molar-refractivity contribution in [2.75, 3.05) is 32.1 Å². The van der Waals surface area contributed by atoms with E-state index in [2.05, 4.69) is 31.0 Å². The highest BCUT2D eigenvalue weighted by Gasteiger charge is 2.21. The second kappa shape index (κ2) is 6.84. The lowest BCUT2D eigenvalue weighted by Gasteiger charge is -2.12. The van der Waals surface area contributed by atoms with Gasteiger partial charge in [0.2, 0.25) is 10.0 Å². The Bertz CT molecular complexity index is 559. The maximum atomic E-state index is 12.3. The minimum absolute atomic E-state index is 0.150. The van der Waals surface area contributed by atoms with Gasteiger partial charge in [-0.05, 0) is 40.8 Å². The van der Waals surface area contributed by atoms with Gasteiger partial charge in [-0.1, -0.05) is 0 Å². The molecule has 0 aromatic carbocycles. The van der Waals surface area contributed by atoms with Crippen LogP contribution in [0.4, 0.5) is 5.82 Å². The van der Waals surface area contributed by atoms with Gasteiger partial charge in [0.05, 0.1) is 0 Å². The van der Waals surface area contributed by atoms with Gasteiger partial charge in [-0.2, -0.15) is 0 Å². The summed E-state index contributed by atoms with van der Waals surface area (Å²) in [6, 6.07) is 1.54. The van der Waals surface area contributed by atoms with E-state index in [9.17, 15) is 8.42 Å². The zero-order chi connectivity index (χ0) is 14.6.